The molecular weight excluding hydrogens is 254 g/mol. The first-order chi connectivity index (χ1) is 8.66. The Morgan fingerprint density at radius 2 is 1.78 bits per heavy atom. The molecule has 0 radical (unpaired) electrons. The fourth-order valence-corrected chi connectivity index (χ4v) is 4.16. The normalized spacial score (nSPS) is 31.8. The van der Waals surface area contributed by atoms with Gasteiger partial charge in [-0.15, -0.1) is 11.6 Å². The number of halogens is 3. The summed E-state index contributed by atoms with van der Waals surface area (Å²) in [6.45, 7) is 0. The van der Waals surface area contributed by atoms with E-state index in [4.69, 9.17) is 11.6 Å². The van der Waals surface area contributed by atoms with Gasteiger partial charge in [0.2, 0.25) is 0 Å². The van der Waals surface area contributed by atoms with Crippen LogP contribution in [0.4, 0.5) is 8.78 Å². The molecule has 3 heteroatoms. The molecule has 0 amide bonds. The molecule has 0 aliphatic heterocycles. The lowest BCUT2D eigenvalue weighted by atomic mass is 10.0. The summed E-state index contributed by atoms with van der Waals surface area (Å²) in [5, 5.41) is 0.0722. The second-order valence-corrected chi connectivity index (χ2v) is 6.22. The summed E-state index contributed by atoms with van der Waals surface area (Å²) in [6.07, 6.45) is 5.90. The largest absolute Gasteiger partial charge is 0.204 e. The maximum atomic E-state index is 13.1. The Morgan fingerprint density at radius 3 is 2.39 bits per heavy atom. The first-order valence-corrected chi connectivity index (χ1v) is 7.18. The van der Waals surface area contributed by atoms with Crippen molar-refractivity contribution in [1.82, 2.24) is 0 Å². The Labute approximate surface area is 111 Å². The van der Waals surface area contributed by atoms with Crippen LogP contribution in [0.3, 0.4) is 0 Å². The van der Waals surface area contributed by atoms with E-state index in [-0.39, 0.29) is 5.38 Å². The quantitative estimate of drug-likeness (QED) is 0.707. The highest BCUT2D eigenvalue weighted by atomic mass is 35.5. The molecule has 0 saturated heterocycles. The summed E-state index contributed by atoms with van der Waals surface area (Å²) in [4.78, 5) is 0. The summed E-state index contributed by atoms with van der Waals surface area (Å²) in [5.74, 6) is 0.634. The van der Waals surface area contributed by atoms with Gasteiger partial charge in [-0.1, -0.05) is 18.9 Å². The van der Waals surface area contributed by atoms with Crippen molar-refractivity contribution in [2.75, 3.05) is 0 Å². The molecule has 3 unspecified atom stereocenters. The number of hydrogen-bond acceptors (Lipinski definition) is 0. The number of alkyl halides is 1. The highest BCUT2D eigenvalue weighted by molar-refractivity contribution is 6.21. The number of fused-ring (bicyclic) bond motifs is 1. The van der Waals surface area contributed by atoms with Crippen molar-refractivity contribution in [3.8, 4) is 0 Å². The van der Waals surface area contributed by atoms with Crippen LogP contribution in [0.2, 0.25) is 0 Å². The molecule has 0 bridgehead atoms. The predicted molar refractivity (Wildman–Crippen MR) is 68.6 cm³/mol. The van der Waals surface area contributed by atoms with Gasteiger partial charge in [-0.2, -0.15) is 0 Å². The molecule has 0 spiro atoms. The Kier molecular flexibility index (Phi) is 3.31. The lowest BCUT2D eigenvalue weighted by Crippen LogP contribution is -2.08. The molecule has 0 heterocycles. The van der Waals surface area contributed by atoms with Crippen molar-refractivity contribution in [3.05, 3.63) is 35.4 Å². The third-order valence-corrected chi connectivity index (χ3v) is 5.00. The standard InChI is InChI=1S/C15H17ClF2/c16-12(15-10-3-1-2-4-11(10)15)7-9-5-6-13(17)14(18)8-9/h5-6,8,10-12,15H,1-4,7H2. The molecule has 0 aromatic heterocycles. The molecular formula is C15H17ClF2. The van der Waals surface area contributed by atoms with E-state index in [1.807, 2.05) is 0 Å². The van der Waals surface area contributed by atoms with Crippen molar-refractivity contribution in [1.29, 1.82) is 0 Å². The van der Waals surface area contributed by atoms with Crippen LogP contribution < -0.4 is 0 Å². The van der Waals surface area contributed by atoms with Crippen molar-refractivity contribution in [3.63, 3.8) is 0 Å². The Bertz CT molecular complexity index is 434. The second kappa shape index (κ2) is 4.80. The maximum Gasteiger partial charge on any atom is 0.159 e. The number of hydrogen-bond donors (Lipinski definition) is 0. The lowest BCUT2D eigenvalue weighted by Gasteiger charge is -2.09. The molecule has 0 N–H and O–H groups in total. The summed E-state index contributed by atoms with van der Waals surface area (Å²) in [5.41, 5.74) is 0.803. The average Bonchev–Trinajstić information content (AvgIpc) is 3.08. The highest BCUT2D eigenvalue weighted by Gasteiger charge is 2.53. The van der Waals surface area contributed by atoms with E-state index in [1.54, 1.807) is 6.07 Å². The molecule has 2 aliphatic carbocycles. The summed E-state index contributed by atoms with van der Waals surface area (Å²) < 4.78 is 26.0. The van der Waals surface area contributed by atoms with Gasteiger partial charge in [-0.05, 0) is 54.7 Å². The molecule has 2 fully saturated rings. The van der Waals surface area contributed by atoms with E-state index >= 15 is 0 Å². The molecule has 3 atom stereocenters. The third-order valence-electron chi connectivity index (χ3n) is 4.56. The monoisotopic (exact) mass is 270 g/mol. The van der Waals surface area contributed by atoms with Crippen LogP contribution in [0.1, 0.15) is 31.2 Å². The van der Waals surface area contributed by atoms with Gasteiger partial charge in [0.05, 0.1) is 0 Å². The smallest absolute Gasteiger partial charge is 0.159 e. The Hall–Kier alpha value is -0.630. The minimum Gasteiger partial charge on any atom is -0.204 e. The zero-order valence-electron chi connectivity index (χ0n) is 10.2. The van der Waals surface area contributed by atoms with Crippen LogP contribution in [0.15, 0.2) is 18.2 Å². The van der Waals surface area contributed by atoms with Crippen molar-refractivity contribution in [2.45, 2.75) is 37.5 Å². The van der Waals surface area contributed by atoms with Crippen LogP contribution in [0.25, 0.3) is 0 Å². The molecule has 3 rings (SSSR count). The maximum absolute atomic E-state index is 13.1. The zero-order chi connectivity index (χ0) is 12.7. The molecule has 98 valence electrons. The van der Waals surface area contributed by atoms with Gasteiger partial charge in [-0.3, -0.25) is 0 Å². The summed E-state index contributed by atoms with van der Waals surface area (Å²) in [7, 11) is 0. The fourth-order valence-electron chi connectivity index (χ4n) is 3.61. The molecule has 2 saturated carbocycles. The van der Waals surface area contributed by atoms with Gasteiger partial charge >= 0.3 is 0 Å². The average molecular weight is 271 g/mol. The van der Waals surface area contributed by atoms with Crippen molar-refractivity contribution < 1.29 is 8.78 Å². The number of benzene rings is 1. The molecule has 1 aromatic rings. The SMILES string of the molecule is Fc1ccc(CC(Cl)C2C3CCCCC32)cc1F. The topological polar surface area (TPSA) is 0 Å². The third kappa shape index (κ3) is 2.27. The van der Waals surface area contributed by atoms with Crippen LogP contribution in [-0.2, 0) is 6.42 Å². The van der Waals surface area contributed by atoms with E-state index in [2.05, 4.69) is 0 Å². The molecule has 18 heavy (non-hydrogen) atoms. The van der Waals surface area contributed by atoms with Gasteiger partial charge in [0, 0.05) is 5.38 Å². The summed E-state index contributed by atoms with van der Waals surface area (Å²) >= 11 is 6.46. The van der Waals surface area contributed by atoms with Crippen molar-refractivity contribution >= 4 is 11.6 Å². The molecule has 0 nitrogen and oxygen atoms in total. The van der Waals surface area contributed by atoms with Crippen LogP contribution >= 0.6 is 11.6 Å². The fraction of sp³-hybridized carbons (Fsp3) is 0.600. The van der Waals surface area contributed by atoms with E-state index in [9.17, 15) is 8.78 Å². The van der Waals surface area contributed by atoms with E-state index < -0.39 is 11.6 Å². The van der Waals surface area contributed by atoms with Crippen LogP contribution in [-0.4, -0.2) is 5.38 Å². The highest BCUT2D eigenvalue weighted by Crippen LogP contribution is 2.58. The van der Waals surface area contributed by atoms with Gasteiger partial charge in [-0.25, -0.2) is 8.78 Å². The summed E-state index contributed by atoms with van der Waals surface area (Å²) in [6, 6.07) is 4.10. The molecule has 1 aromatic carbocycles. The van der Waals surface area contributed by atoms with E-state index in [0.29, 0.717) is 12.3 Å². The Balaban J connectivity index is 1.64. The van der Waals surface area contributed by atoms with Crippen LogP contribution in [0.5, 0.6) is 0 Å². The van der Waals surface area contributed by atoms with E-state index in [0.717, 1.165) is 17.4 Å². The van der Waals surface area contributed by atoms with Crippen molar-refractivity contribution in [2.24, 2.45) is 17.8 Å². The second-order valence-electron chi connectivity index (χ2n) is 5.66. The molecule has 2 aliphatic rings. The van der Waals surface area contributed by atoms with Crippen LogP contribution in [0, 0.1) is 29.4 Å². The number of rotatable bonds is 3. The van der Waals surface area contributed by atoms with E-state index in [1.165, 1.54) is 37.8 Å². The predicted octanol–water partition coefficient (Wildman–Crippen LogP) is 4.55. The lowest BCUT2D eigenvalue weighted by molar-refractivity contribution is 0.480. The van der Waals surface area contributed by atoms with Gasteiger partial charge in [0.1, 0.15) is 0 Å². The Morgan fingerprint density at radius 1 is 1.11 bits per heavy atom. The zero-order valence-corrected chi connectivity index (χ0v) is 11.0. The minimum absolute atomic E-state index is 0.0722. The van der Waals surface area contributed by atoms with Gasteiger partial charge in [0.15, 0.2) is 11.6 Å². The van der Waals surface area contributed by atoms with Gasteiger partial charge < -0.3 is 0 Å². The first-order valence-electron chi connectivity index (χ1n) is 6.75. The minimum atomic E-state index is -0.787. The van der Waals surface area contributed by atoms with Gasteiger partial charge in [0.25, 0.3) is 0 Å². The first kappa shape index (κ1) is 12.4.